The number of piperidine rings is 1. The second-order valence-corrected chi connectivity index (χ2v) is 9.02. The first-order valence-corrected chi connectivity index (χ1v) is 10.9. The van der Waals surface area contributed by atoms with Crippen molar-refractivity contribution >= 4 is 10.0 Å². The minimum atomic E-state index is -3.24. The van der Waals surface area contributed by atoms with Crippen molar-refractivity contribution in [3.05, 3.63) is 35.9 Å². The van der Waals surface area contributed by atoms with Crippen LogP contribution in [0.5, 0.6) is 0 Å². The van der Waals surface area contributed by atoms with Gasteiger partial charge in [-0.25, -0.2) is 12.7 Å². The molecule has 0 spiro atoms. The van der Waals surface area contributed by atoms with E-state index in [2.05, 4.69) is 17.0 Å². The number of ether oxygens (including phenoxy) is 2. The zero-order valence-corrected chi connectivity index (χ0v) is 16.8. The van der Waals surface area contributed by atoms with Gasteiger partial charge in [0.25, 0.3) is 0 Å². The maximum Gasteiger partial charge on any atom is 0.216 e. The maximum atomic E-state index is 12.4. The molecule has 0 unspecified atom stereocenters. The van der Waals surface area contributed by atoms with Crippen molar-refractivity contribution in [1.82, 2.24) is 9.21 Å². The Bertz CT molecular complexity index is 599. The Morgan fingerprint density at radius 3 is 2.23 bits per heavy atom. The fourth-order valence-corrected chi connectivity index (χ4v) is 4.41. The van der Waals surface area contributed by atoms with Gasteiger partial charge >= 0.3 is 0 Å². The Balaban J connectivity index is 1.61. The lowest BCUT2D eigenvalue weighted by Crippen LogP contribution is -2.40. The van der Waals surface area contributed by atoms with Crippen LogP contribution in [-0.4, -0.2) is 83.5 Å². The molecule has 0 aromatic heterocycles. The fourth-order valence-electron chi connectivity index (χ4n) is 3.05. The van der Waals surface area contributed by atoms with E-state index in [1.54, 1.807) is 4.31 Å². The van der Waals surface area contributed by atoms with E-state index >= 15 is 0 Å². The molecular weight excluding hydrogens is 352 g/mol. The van der Waals surface area contributed by atoms with Gasteiger partial charge in [0.05, 0.1) is 32.2 Å². The van der Waals surface area contributed by atoms with Crippen molar-refractivity contribution in [2.75, 3.05) is 65.9 Å². The summed E-state index contributed by atoms with van der Waals surface area (Å²) in [6, 6.07) is 10.4. The zero-order valence-electron chi connectivity index (χ0n) is 16.0. The van der Waals surface area contributed by atoms with Gasteiger partial charge in [-0.2, -0.15) is 0 Å². The highest BCUT2D eigenvalue weighted by molar-refractivity contribution is 7.89. The van der Waals surface area contributed by atoms with Gasteiger partial charge in [-0.1, -0.05) is 30.3 Å². The normalized spacial score (nSPS) is 17.0. The van der Waals surface area contributed by atoms with Crippen LogP contribution in [-0.2, 0) is 19.5 Å². The largest absolute Gasteiger partial charge is 0.378 e. The summed E-state index contributed by atoms with van der Waals surface area (Å²) in [5.74, 6) is 0.499. The lowest BCUT2D eigenvalue weighted by molar-refractivity contribution is 0.0477. The molecule has 0 saturated carbocycles. The summed E-state index contributed by atoms with van der Waals surface area (Å²) in [6.45, 7) is 3.86. The second kappa shape index (κ2) is 11.0. The third-order valence-electron chi connectivity index (χ3n) is 4.66. The fraction of sp³-hybridized carbons (Fsp3) is 0.684. The number of benzene rings is 1. The quantitative estimate of drug-likeness (QED) is 0.545. The number of sulfonamides is 1. The van der Waals surface area contributed by atoms with Gasteiger partial charge in [-0.15, -0.1) is 0 Å². The van der Waals surface area contributed by atoms with E-state index in [-0.39, 0.29) is 12.4 Å². The summed E-state index contributed by atoms with van der Waals surface area (Å²) in [5.41, 5.74) is 1.31. The number of hydrogen-bond acceptors (Lipinski definition) is 5. The maximum absolute atomic E-state index is 12.4. The van der Waals surface area contributed by atoms with Gasteiger partial charge in [0.15, 0.2) is 0 Å². The molecule has 1 saturated heterocycles. The zero-order chi connectivity index (χ0) is 18.8. The van der Waals surface area contributed by atoms with Crippen LogP contribution >= 0.6 is 0 Å². The molecule has 7 heteroatoms. The molecule has 0 amide bonds. The molecule has 0 radical (unpaired) electrons. The number of rotatable bonds is 11. The lowest BCUT2D eigenvalue weighted by atomic mass is 9.90. The van der Waals surface area contributed by atoms with Crippen molar-refractivity contribution in [2.24, 2.45) is 0 Å². The lowest BCUT2D eigenvalue weighted by Gasteiger charge is -2.31. The first kappa shape index (κ1) is 21.3. The third-order valence-corrected chi connectivity index (χ3v) is 6.49. The summed E-state index contributed by atoms with van der Waals surface area (Å²) >= 11 is 0. The van der Waals surface area contributed by atoms with Crippen molar-refractivity contribution < 1.29 is 17.9 Å². The summed E-state index contributed by atoms with van der Waals surface area (Å²) in [4.78, 5) is 2.05. The molecule has 6 nitrogen and oxygen atoms in total. The predicted octanol–water partition coefficient (Wildman–Crippen LogP) is 1.79. The molecule has 0 N–H and O–H groups in total. The molecule has 26 heavy (non-hydrogen) atoms. The van der Waals surface area contributed by atoms with Crippen molar-refractivity contribution in [1.29, 1.82) is 0 Å². The van der Waals surface area contributed by atoms with Gasteiger partial charge in [0, 0.05) is 19.6 Å². The third kappa shape index (κ3) is 7.32. The molecule has 0 bridgehead atoms. The van der Waals surface area contributed by atoms with E-state index in [9.17, 15) is 8.42 Å². The standard InChI is InChI=1S/C19H32N2O4S/c1-20(2)12-13-24-14-15-25-16-17-26(22,23)21-10-8-19(9-11-21)18-6-4-3-5-7-18/h3-7,19H,8-17H2,1-2H3. The van der Waals surface area contributed by atoms with Crippen LogP contribution in [0.25, 0.3) is 0 Å². The number of nitrogens with zero attached hydrogens (tertiary/aromatic N) is 2. The molecule has 0 atom stereocenters. The molecule has 1 aromatic carbocycles. The van der Waals surface area contributed by atoms with Gasteiger partial charge in [0.1, 0.15) is 0 Å². The van der Waals surface area contributed by atoms with Gasteiger partial charge in [-0.3, -0.25) is 0 Å². The van der Waals surface area contributed by atoms with Crippen LogP contribution in [0.4, 0.5) is 0 Å². The Hall–Kier alpha value is -0.990. The van der Waals surface area contributed by atoms with Crippen LogP contribution in [0.15, 0.2) is 30.3 Å². The first-order chi connectivity index (χ1) is 12.5. The topological polar surface area (TPSA) is 59.1 Å². The summed E-state index contributed by atoms with van der Waals surface area (Å²) in [7, 11) is 0.750. The Morgan fingerprint density at radius 1 is 1.00 bits per heavy atom. The smallest absolute Gasteiger partial charge is 0.216 e. The molecule has 1 aliphatic heterocycles. The van der Waals surface area contributed by atoms with E-state index in [1.165, 1.54) is 5.56 Å². The van der Waals surface area contributed by atoms with Crippen LogP contribution in [0.3, 0.4) is 0 Å². The Morgan fingerprint density at radius 2 is 1.62 bits per heavy atom. The van der Waals surface area contributed by atoms with E-state index in [4.69, 9.17) is 9.47 Å². The van der Waals surface area contributed by atoms with E-state index in [0.29, 0.717) is 38.8 Å². The predicted molar refractivity (Wildman–Crippen MR) is 104 cm³/mol. The molecule has 1 fully saturated rings. The number of hydrogen-bond donors (Lipinski definition) is 0. The summed E-state index contributed by atoms with van der Waals surface area (Å²) < 4.78 is 37.3. The van der Waals surface area contributed by atoms with Crippen molar-refractivity contribution in [3.8, 4) is 0 Å². The highest BCUT2D eigenvalue weighted by Gasteiger charge is 2.28. The Kier molecular flexibility index (Phi) is 9.01. The SMILES string of the molecule is CN(C)CCOCCOCCS(=O)(=O)N1CCC(c2ccccc2)CC1. The molecule has 2 rings (SSSR count). The second-order valence-electron chi connectivity index (χ2n) is 6.93. The molecule has 1 heterocycles. The minimum Gasteiger partial charge on any atom is -0.378 e. The van der Waals surface area contributed by atoms with Crippen molar-refractivity contribution in [3.63, 3.8) is 0 Å². The highest BCUT2D eigenvalue weighted by atomic mass is 32.2. The molecule has 148 valence electrons. The van der Waals surface area contributed by atoms with E-state index in [1.807, 2.05) is 32.3 Å². The van der Waals surface area contributed by atoms with Gasteiger partial charge < -0.3 is 14.4 Å². The first-order valence-electron chi connectivity index (χ1n) is 9.32. The van der Waals surface area contributed by atoms with Gasteiger partial charge in [-0.05, 0) is 38.4 Å². The average Bonchev–Trinajstić information content (AvgIpc) is 2.64. The van der Waals surface area contributed by atoms with E-state index < -0.39 is 10.0 Å². The average molecular weight is 385 g/mol. The van der Waals surface area contributed by atoms with E-state index in [0.717, 1.165) is 19.4 Å². The van der Waals surface area contributed by atoms with Crippen LogP contribution in [0, 0.1) is 0 Å². The number of likely N-dealkylation sites (N-methyl/N-ethyl adjacent to an activating group) is 1. The molecular formula is C19H32N2O4S. The van der Waals surface area contributed by atoms with Gasteiger partial charge in [0.2, 0.25) is 10.0 Å². The van der Waals surface area contributed by atoms with Crippen molar-refractivity contribution in [2.45, 2.75) is 18.8 Å². The molecule has 1 aromatic rings. The monoisotopic (exact) mass is 384 g/mol. The van der Waals surface area contributed by atoms with Crippen LogP contribution < -0.4 is 0 Å². The Labute approximate surface area is 158 Å². The van der Waals surface area contributed by atoms with Crippen LogP contribution in [0.1, 0.15) is 24.3 Å². The summed E-state index contributed by atoms with van der Waals surface area (Å²) in [5, 5.41) is 0. The molecule has 1 aliphatic rings. The minimum absolute atomic E-state index is 0.0424. The van der Waals surface area contributed by atoms with Crippen LogP contribution in [0.2, 0.25) is 0 Å². The molecule has 0 aliphatic carbocycles. The highest BCUT2D eigenvalue weighted by Crippen LogP contribution is 2.28. The summed E-state index contributed by atoms with van der Waals surface area (Å²) in [6.07, 6.45) is 1.76.